The van der Waals surface area contributed by atoms with E-state index in [1.165, 1.54) is 4.90 Å². The van der Waals surface area contributed by atoms with Crippen molar-refractivity contribution in [2.45, 2.75) is 39.5 Å². The number of hydrogen-bond donors (Lipinski definition) is 3. The van der Waals surface area contributed by atoms with Gasteiger partial charge in [0.2, 0.25) is 6.41 Å². The van der Waals surface area contributed by atoms with Gasteiger partial charge in [-0.25, -0.2) is 4.79 Å². The minimum Gasteiger partial charge on any atom is -0.478 e. The SMILES string of the molecule is C=C1/C=C\COC/C=C\C(CNCCC(CC)(CO)CN(C=O)C(=C)CC/C(=C\C)C(=O)O)=C/1. The fraction of sp³-hybridized carbons (Fsp3) is 0.481. The van der Waals surface area contributed by atoms with E-state index in [1.807, 2.05) is 37.3 Å². The first kappa shape index (κ1) is 29.3. The van der Waals surface area contributed by atoms with Crippen molar-refractivity contribution in [1.29, 1.82) is 0 Å². The second kappa shape index (κ2) is 16.0. The van der Waals surface area contributed by atoms with Crippen molar-refractivity contribution in [2.75, 3.05) is 39.5 Å². The Balaban J connectivity index is 2.71. The van der Waals surface area contributed by atoms with Crippen molar-refractivity contribution in [3.8, 4) is 0 Å². The van der Waals surface area contributed by atoms with Gasteiger partial charge in [-0.1, -0.05) is 56.5 Å². The van der Waals surface area contributed by atoms with E-state index in [4.69, 9.17) is 4.74 Å². The van der Waals surface area contributed by atoms with Gasteiger partial charge in [0, 0.05) is 29.8 Å². The predicted octanol–water partition coefficient (Wildman–Crippen LogP) is 3.76. The summed E-state index contributed by atoms with van der Waals surface area (Å²) < 4.78 is 5.46. The number of hydrogen-bond acceptors (Lipinski definition) is 5. The molecule has 1 aliphatic heterocycles. The molecular formula is C27H40N2O5. The van der Waals surface area contributed by atoms with Gasteiger partial charge in [-0.3, -0.25) is 4.79 Å². The molecule has 0 aromatic rings. The number of aliphatic hydroxyl groups excluding tert-OH is 1. The smallest absolute Gasteiger partial charge is 0.331 e. The first-order valence-electron chi connectivity index (χ1n) is 11.7. The highest BCUT2D eigenvalue weighted by Crippen LogP contribution is 2.29. The fourth-order valence-corrected chi connectivity index (χ4v) is 3.62. The highest BCUT2D eigenvalue weighted by Gasteiger charge is 2.30. The number of nitrogens with zero attached hydrogens (tertiary/aromatic N) is 1. The van der Waals surface area contributed by atoms with Crippen LogP contribution in [0.2, 0.25) is 0 Å². The van der Waals surface area contributed by atoms with Crippen molar-refractivity contribution >= 4 is 12.4 Å². The molecule has 1 amide bonds. The Morgan fingerprint density at radius 1 is 1.29 bits per heavy atom. The zero-order chi connectivity index (χ0) is 25.4. The molecule has 0 saturated heterocycles. The van der Waals surface area contributed by atoms with Gasteiger partial charge in [0.1, 0.15) is 0 Å². The van der Waals surface area contributed by atoms with Gasteiger partial charge in [-0.2, -0.15) is 0 Å². The van der Waals surface area contributed by atoms with Crippen LogP contribution < -0.4 is 5.32 Å². The molecule has 1 unspecified atom stereocenters. The van der Waals surface area contributed by atoms with E-state index in [-0.39, 0.29) is 12.2 Å². The molecule has 0 saturated carbocycles. The van der Waals surface area contributed by atoms with Gasteiger partial charge in [-0.05, 0) is 50.3 Å². The normalized spacial score (nSPS) is 19.9. The largest absolute Gasteiger partial charge is 0.478 e. The van der Waals surface area contributed by atoms with Gasteiger partial charge in [0.25, 0.3) is 0 Å². The van der Waals surface area contributed by atoms with Crippen molar-refractivity contribution in [2.24, 2.45) is 5.41 Å². The van der Waals surface area contributed by atoms with Crippen molar-refractivity contribution in [3.63, 3.8) is 0 Å². The van der Waals surface area contributed by atoms with Crippen LogP contribution in [0.15, 0.2) is 72.0 Å². The molecule has 188 valence electrons. The summed E-state index contributed by atoms with van der Waals surface area (Å²) in [6.07, 6.45) is 14.1. The summed E-state index contributed by atoms with van der Waals surface area (Å²) in [5.74, 6) is -0.968. The lowest BCUT2D eigenvalue weighted by molar-refractivity contribution is -0.132. The van der Waals surface area contributed by atoms with Crippen LogP contribution in [-0.4, -0.2) is 66.9 Å². The van der Waals surface area contributed by atoms with Crippen molar-refractivity contribution in [3.05, 3.63) is 72.0 Å². The molecule has 1 rings (SSSR count). The summed E-state index contributed by atoms with van der Waals surface area (Å²) >= 11 is 0. The highest BCUT2D eigenvalue weighted by atomic mass is 16.5. The average molecular weight is 473 g/mol. The number of aliphatic hydroxyl groups is 1. The molecule has 0 aromatic heterocycles. The lowest BCUT2D eigenvalue weighted by atomic mass is 9.81. The van der Waals surface area contributed by atoms with Gasteiger partial charge < -0.3 is 25.2 Å². The third kappa shape index (κ3) is 10.5. The Bertz CT molecular complexity index is 819. The summed E-state index contributed by atoms with van der Waals surface area (Å²) in [6.45, 7) is 14.3. The number of carboxylic acids is 1. The lowest BCUT2D eigenvalue weighted by Crippen LogP contribution is -2.41. The van der Waals surface area contributed by atoms with Crippen molar-refractivity contribution < 1.29 is 24.5 Å². The third-order valence-electron chi connectivity index (χ3n) is 6.05. The maximum Gasteiger partial charge on any atom is 0.331 e. The third-order valence-corrected chi connectivity index (χ3v) is 6.05. The summed E-state index contributed by atoms with van der Waals surface area (Å²) in [5, 5.41) is 22.8. The van der Waals surface area contributed by atoms with E-state index in [0.717, 1.165) is 11.1 Å². The van der Waals surface area contributed by atoms with Gasteiger partial charge >= 0.3 is 5.97 Å². The molecule has 7 nitrogen and oxygen atoms in total. The molecule has 1 heterocycles. The zero-order valence-corrected chi connectivity index (χ0v) is 20.6. The summed E-state index contributed by atoms with van der Waals surface area (Å²) in [7, 11) is 0. The van der Waals surface area contributed by atoms with Gasteiger partial charge in [0.15, 0.2) is 0 Å². The lowest BCUT2D eigenvalue weighted by Gasteiger charge is -2.36. The molecular weight excluding hydrogens is 432 g/mol. The van der Waals surface area contributed by atoms with Crippen LogP contribution in [0.25, 0.3) is 0 Å². The maximum atomic E-state index is 11.8. The number of carboxylic acid groups (broad SMARTS) is 1. The van der Waals surface area contributed by atoms with E-state index >= 15 is 0 Å². The van der Waals surface area contributed by atoms with Crippen LogP contribution in [0.3, 0.4) is 0 Å². The first-order valence-corrected chi connectivity index (χ1v) is 11.7. The average Bonchev–Trinajstić information content (AvgIpc) is 2.83. The number of amides is 1. The Morgan fingerprint density at radius 2 is 2.00 bits per heavy atom. The molecule has 34 heavy (non-hydrogen) atoms. The van der Waals surface area contributed by atoms with E-state index in [1.54, 1.807) is 13.0 Å². The van der Waals surface area contributed by atoms with E-state index < -0.39 is 11.4 Å². The number of carbonyl (C=O) groups is 2. The molecule has 0 spiro atoms. The standard InChI is InChI=1S/C27H40N2O5/c1-5-25(26(32)33)12-11-23(4)29(21-31)19-27(6-2,20-30)13-14-28-18-24-10-8-16-34-15-7-9-22(3)17-24/h5,7-10,17,21,28,30H,3-4,6,11-16,18-20H2,1-2H3,(H,32,33)/b9-7-,10-8-,24-17+,25-5+. The number of allylic oxidation sites excluding steroid dienone is 5. The quantitative estimate of drug-likeness (QED) is 0.191. The number of nitrogens with one attached hydrogen (secondary N) is 1. The topological polar surface area (TPSA) is 99.1 Å². The minimum atomic E-state index is -0.968. The van der Waals surface area contributed by atoms with E-state index in [9.17, 15) is 19.8 Å². The second-order valence-electron chi connectivity index (χ2n) is 8.49. The highest BCUT2D eigenvalue weighted by molar-refractivity contribution is 5.86. The molecule has 0 fully saturated rings. The second-order valence-corrected chi connectivity index (χ2v) is 8.49. The minimum absolute atomic E-state index is 0.0699. The van der Waals surface area contributed by atoms with E-state index in [2.05, 4.69) is 18.5 Å². The van der Waals surface area contributed by atoms with Crippen LogP contribution in [0.4, 0.5) is 0 Å². The zero-order valence-electron chi connectivity index (χ0n) is 20.6. The maximum absolute atomic E-state index is 11.8. The number of rotatable bonds is 15. The van der Waals surface area contributed by atoms with Crippen LogP contribution in [0.1, 0.15) is 39.5 Å². The van der Waals surface area contributed by atoms with Crippen molar-refractivity contribution in [1.82, 2.24) is 10.2 Å². The predicted molar refractivity (Wildman–Crippen MR) is 136 cm³/mol. The number of aliphatic carboxylic acids is 1. The van der Waals surface area contributed by atoms with Crippen LogP contribution in [0, 0.1) is 5.41 Å². The van der Waals surface area contributed by atoms with E-state index in [0.29, 0.717) is 70.6 Å². The Labute approximate surface area is 203 Å². The molecule has 0 bridgehead atoms. The van der Waals surface area contributed by atoms with Gasteiger partial charge in [0.05, 0.1) is 19.8 Å². The molecule has 1 aliphatic rings. The molecule has 0 aromatic carbocycles. The van der Waals surface area contributed by atoms with Crippen LogP contribution in [0.5, 0.6) is 0 Å². The van der Waals surface area contributed by atoms with Crippen LogP contribution in [-0.2, 0) is 14.3 Å². The Hall–Kier alpha value is -2.74. The molecule has 7 heteroatoms. The molecule has 0 radical (unpaired) electrons. The molecule has 3 N–H and O–H groups in total. The molecule has 0 aliphatic carbocycles. The van der Waals surface area contributed by atoms with Gasteiger partial charge in [-0.15, -0.1) is 0 Å². The summed E-state index contributed by atoms with van der Waals surface area (Å²) in [5.41, 5.74) is 2.31. The Morgan fingerprint density at radius 3 is 2.59 bits per heavy atom. The summed E-state index contributed by atoms with van der Waals surface area (Å²) in [6, 6.07) is 0. The fourth-order valence-electron chi connectivity index (χ4n) is 3.62. The molecule has 1 atom stereocenters. The number of ether oxygens (including phenoxy) is 1. The summed E-state index contributed by atoms with van der Waals surface area (Å²) in [4.78, 5) is 24.5. The monoisotopic (exact) mass is 472 g/mol. The van der Waals surface area contributed by atoms with Crippen LogP contribution >= 0.6 is 0 Å². The first-order chi connectivity index (χ1) is 16.3. The number of carbonyl (C=O) groups excluding carboxylic acids is 1. The Kier molecular flexibility index (Phi) is 13.8.